The third kappa shape index (κ3) is 4.75. The normalized spacial score (nSPS) is 10.7. The van der Waals surface area contributed by atoms with E-state index >= 15 is 0 Å². The first-order chi connectivity index (χ1) is 12.4. The van der Waals surface area contributed by atoms with Gasteiger partial charge in [0.1, 0.15) is 0 Å². The topological polar surface area (TPSA) is 71.1 Å². The van der Waals surface area contributed by atoms with E-state index < -0.39 is 0 Å². The Kier molecular flexibility index (Phi) is 5.80. The van der Waals surface area contributed by atoms with Gasteiger partial charge in [-0.15, -0.1) is 11.3 Å². The van der Waals surface area contributed by atoms with E-state index in [1.807, 2.05) is 31.2 Å². The first-order valence-electron chi connectivity index (χ1n) is 7.78. The van der Waals surface area contributed by atoms with Crippen molar-refractivity contribution in [3.63, 3.8) is 0 Å². The number of nitrogens with one attached hydrogen (secondary N) is 2. The van der Waals surface area contributed by atoms with Crippen molar-refractivity contribution in [3.05, 3.63) is 47.0 Å². The van der Waals surface area contributed by atoms with Crippen LogP contribution < -0.4 is 10.6 Å². The quantitative estimate of drug-likeness (QED) is 0.589. The second-order valence-electron chi connectivity index (χ2n) is 5.64. The Bertz CT molecular complexity index is 988. The lowest BCUT2D eigenvalue weighted by Gasteiger charge is -2.08. The van der Waals surface area contributed by atoms with Crippen molar-refractivity contribution in [2.24, 2.45) is 0 Å². The maximum Gasteiger partial charge on any atom is 0.234 e. The molecular formula is C18H16ClN3O2S2. The number of nitrogens with zero attached hydrogens (tertiary/aromatic N) is 1. The van der Waals surface area contributed by atoms with Crippen LogP contribution in [0.4, 0.5) is 11.4 Å². The molecule has 2 amide bonds. The molecule has 0 unspecified atom stereocenters. The third-order valence-electron chi connectivity index (χ3n) is 3.49. The Balaban J connectivity index is 1.64. The number of thioether (sulfide) groups is 1. The molecule has 0 spiro atoms. The Morgan fingerprint density at radius 3 is 2.77 bits per heavy atom. The molecule has 8 heteroatoms. The fraction of sp³-hybridized carbons (Fsp3) is 0.167. The summed E-state index contributed by atoms with van der Waals surface area (Å²) < 4.78 is 1.77. The van der Waals surface area contributed by atoms with Crippen LogP contribution in [0.5, 0.6) is 0 Å². The zero-order chi connectivity index (χ0) is 18.7. The highest BCUT2D eigenvalue weighted by Crippen LogP contribution is 2.31. The van der Waals surface area contributed by atoms with Gasteiger partial charge >= 0.3 is 0 Å². The number of rotatable bonds is 5. The van der Waals surface area contributed by atoms with Gasteiger partial charge in [0, 0.05) is 23.3 Å². The Labute approximate surface area is 164 Å². The van der Waals surface area contributed by atoms with Gasteiger partial charge in [-0.1, -0.05) is 29.4 Å². The minimum Gasteiger partial charge on any atom is -0.326 e. The number of halogens is 1. The van der Waals surface area contributed by atoms with Crippen LogP contribution in [0.2, 0.25) is 5.02 Å². The number of thiazole rings is 1. The Morgan fingerprint density at radius 2 is 2.00 bits per heavy atom. The zero-order valence-electron chi connectivity index (χ0n) is 14.1. The molecule has 2 aromatic carbocycles. The van der Waals surface area contributed by atoms with Crippen molar-refractivity contribution in [1.29, 1.82) is 0 Å². The summed E-state index contributed by atoms with van der Waals surface area (Å²) in [4.78, 5) is 27.9. The molecule has 0 bridgehead atoms. The van der Waals surface area contributed by atoms with E-state index in [9.17, 15) is 9.59 Å². The predicted octanol–water partition coefficient (Wildman–Crippen LogP) is 4.95. The molecule has 0 atom stereocenters. The van der Waals surface area contributed by atoms with E-state index in [0.29, 0.717) is 10.7 Å². The van der Waals surface area contributed by atoms with Crippen molar-refractivity contribution < 1.29 is 9.59 Å². The molecule has 0 radical (unpaired) electrons. The molecule has 26 heavy (non-hydrogen) atoms. The van der Waals surface area contributed by atoms with Crippen LogP contribution in [0.3, 0.4) is 0 Å². The first kappa shape index (κ1) is 18.7. The molecule has 3 aromatic rings. The summed E-state index contributed by atoms with van der Waals surface area (Å²) in [5.74, 6) is 0.0274. The molecule has 0 aliphatic rings. The minimum atomic E-state index is -0.114. The number of aromatic nitrogens is 1. The molecule has 0 saturated heterocycles. The van der Waals surface area contributed by atoms with Crippen LogP contribution >= 0.6 is 34.7 Å². The predicted molar refractivity (Wildman–Crippen MR) is 109 cm³/mol. The van der Waals surface area contributed by atoms with E-state index in [0.717, 1.165) is 25.8 Å². The molecule has 0 aliphatic heterocycles. The molecule has 0 fully saturated rings. The van der Waals surface area contributed by atoms with Crippen molar-refractivity contribution in [3.8, 4) is 0 Å². The summed E-state index contributed by atoms with van der Waals surface area (Å²) in [7, 11) is 0. The van der Waals surface area contributed by atoms with Crippen LogP contribution in [-0.4, -0.2) is 22.6 Å². The van der Waals surface area contributed by atoms with Crippen molar-refractivity contribution >= 4 is 68.1 Å². The van der Waals surface area contributed by atoms with Crippen LogP contribution in [0.1, 0.15) is 12.5 Å². The average molecular weight is 406 g/mol. The van der Waals surface area contributed by atoms with E-state index in [4.69, 9.17) is 11.6 Å². The third-order valence-corrected chi connectivity index (χ3v) is 5.89. The largest absolute Gasteiger partial charge is 0.326 e. The summed E-state index contributed by atoms with van der Waals surface area (Å²) in [6.45, 7) is 3.39. The summed E-state index contributed by atoms with van der Waals surface area (Å²) >= 11 is 8.84. The van der Waals surface area contributed by atoms with Crippen LogP contribution in [0.15, 0.2) is 40.7 Å². The fourth-order valence-electron chi connectivity index (χ4n) is 2.29. The SMILES string of the molecule is CC(=O)Nc1ccc2nc(SCC(=O)Nc3cc(Cl)ccc3C)sc2c1. The molecule has 3 rings (SSSR count). The van der Waals surface area contributed by atoms with Gasteiger partial charge in [-0.25, -0.2) is 4.98 Å². The van der Waals surface area contributed by atoms with Gasteiger partial charge < -0.3 is 10.6 Å². The highest BCUT2D eigenvalue weighted by atomic mass is 35.5. The number of fused-ring (bicyclic) bond motifs is 1. The van der Waals surface area contributed by atoms with Gasteiger partial charge in [-0.2, -0.15) is 0 Å². The van der Waals surface area contributed by atoms with Gasteiger partial charge in [0.05, 0.1) is 16.0 Å². The number of aryl methyl sites for hydroxylation is 1. The lowest BCUT2D eigenvalue weighted by atomic mass is 10.2. The number of carbonyl (C=O) groups is 2. The summed E-state index contributed by atoms with van der Waals surface area (Å²) in [5, 5.41) is 6.21. The summed E-state index contributed by atoms with van der Waals surface area (Å²) in [6.07, 6.45) is 0. The fourth-order valence-corrected chi connectivity index (χ4v) is 4.37. The maximum absolute atomic E-state index is 12.2. The maximum atomic E-state index is 12.2. The minimum absolute atomic E-state index is 0.112. The molecule has 134 valence electrons. The Morgan fingerprint density at radius 1 is 1.19 bits per heavy atom. The number of benzene rings is 2. The average Bonchev–Trinajstić information content (AvgIpc) is 2.98. The van der Waals surface area contributed by atoms with E-state index in [-0.39, 0.29) is 17.6 Å². The molecule has 1 aromatic heterocycles. The molecular weight excluding hydrogens is 390 g/mol. The number of anilines is 2. The van der Waals surface area contributed by atoms with Gasteiger partial charge in [-0.05, 0) is 42.8 Å². The monoisotopic (exact) mass is 405 g/mol. The molecule has 1 heterocycles. The van der Waals surface area contributed by atoms with Crippen LogP contribution in [-0.2, 0) is 9.59 Å². The second kappa shape index (κ2) is 8.07. The smallest absolute Gasteiger partial charge is 0.234 e. The number of carbonyl (C=O) groups excluding carboxylic acids is 2. The van der Waals surface area contributed by atoms with Crippen LogP contribution in [0, 0.1) is 6.92 Å². The first-order valence-corrected chi connectivity index (χ1v) is 9.96. The highest BCUT2D eigenvalue weighted by molar-refractivity contribution is 8.01. The lowest BCUT2D eigenvalue weighted by Crippen LogP contribution is -2.14. The highest BCUT2D eigenvalue weighted by Gasteiger charge is 2.10. The number of amides is 2. The standard InChI is InChI=1S/C18H16ClN3O2S2/c1-10-3-4-12(19)7-15(10)21-17(24)9-25-18-22-14-6-5-13(20-11(2)23)8-16(14)26-18/h3-8H,9H2,1-2H3,(H,20,23)(H,21,24). The molecule has 5 nitrogen and oxygen atoms in total. The second-order valence-corrected chi connectivity index (χ2v) is 8.33. The van der Waals surface area contributed by atoms with Gasteiger partial charge in [0.2, 0.25) is 11.8 Å². The molecule has 0 aliphatic carbocycles. The van der Waals surface area contributed by atoms with E-state index in [1.165, 1.54) is 30.0 Å². The van der Waals surface area contributed by atoms with Gasteiger partial charge in [0.25, 0.3) is 0 Å². The van der Waals surface area contributed by atoms with Crippen LogP contribution in [0.25, 0.3) is 10.2 Å². The number of hydrogen-bond acceptors (Lipinski definition) is 5. The van der Waals surface area contributed by atoms with E-state index in [1.54, 1.807) is 12.1 Å². The Hall–Kier alpha value is -2.09. The summed E-state index contributed by atoms with van der Waals surface area (Å²) in [5.41, 5.74) is 3.25. The van der Waals surface area contributed by atoms with E-state index in [2.05, 4.69) is 15.6 Å². The van der Waals surface area contributed by atoms with Crippen molar-refractivity contribution in [2.45, 2.75) is 18.2 Å². The lowest BCUT2D eigenvalue weighted by molar-refractivity contribution is -0.114. The zero-order valence-corrected chi connectivity index (χ0v) is 16.5. The van der Waals surface area contributed by atoms with Gasteiger partial charge in [0.15, 0.2) is 4.34 Å². The number of hydrogen-bond donors (Lipinski definition) is 2. The van der Waals surface area contributed by atoms with Crippen molar-refractivity contribution in [1.82, 2.24) is 4.98 Å². The summed E-state index contributed by atoms with van der Waals surface area (Å²) in [6, 6.07) is 10.9. The molecule has 0 saturated carbocycles. The molecule has 2 N–H and O–H groups in total. The van der Waals surface area contributed by atoms with Crippen molar-refractivity contribution in [2.75, 3.05) is 16.4 Å². The van der Waals surface area contributed by atoms with Gasteiger partial charge in [-0.3, -0.25) is 9.59 Å².